The molecule has 0 heterocycles. The minimum atomic E-state index is 0.329. The van der Waals surface area contributed by atoms with Crippen LogP contribution >= 0.6 is 0 Å². The second-order valence-corrected chi connectivity index (χ2v) is 8.12. The number of aromatic hydroxyl groups is 2. The van der Waals surface area contributed by atoms with E-state index in [4.69, 9.17) is 10.2 Å². The van der Waals surface area contributed by atoms with Crippen molar-refractivity contribution in [2.75, 3.05) is 0 Å². The fourth-order valence-corrected chi connectivity index (χ4v) is 4.46. The summed E-state index contributed by atoms with van der Waals surface area (Å²) in [5, 5.41) is 17.5. The molecule has 2 aliphatic rings. The van der Waals surface area contributed by atoms with Crippen LogP contribution in [0.1, 0.15) is 50.7 Å². The van der Waals surface area contributed by atoms with Gasteiger partial charge >= 0.3 is 0 Å². The van der Waals surface area contributed by atoms with Crippen LogP contribution < -0.4 is 0 Å². The maximum absolute atomic E-state index is 8.76. The molecule has 2 nitrogen and oxygen atoms in total. The van der Waals surface area contributed by atoms with Crippen molar-refractivity contribution in [3.63, 3.8) is 0 Å². The summed E-state index contributed by atoms with van der Waals surface area (Å²) in [4.78, 5) is 0. The Morgan fingerprint density at radius 1 is 0.654 bits per heavy atom. The Hall–Kier alpha value is -1.96. The number of aryl methyl sites for hydroxylation is 2. The molecule has 0 amide bonds. The average Bonchev–Trinajstić information content (AvgIpc) is 3.20. The maximum atomic E-state index is 8.76. The monoisotopic (exact) mass is 354 g/mol. The Kier molecular flexibility index (Phi) is 7.56. The van der Waals surface area contributed by atoms with Gasteiger partial charge in [-0.05, 0) is 81.0 Å². The first-order valence-corrected chi connectivity index (χ1v) is 9.88. The third kappa shape index (κ3) is 6.09. The van der Waals surface area contributed by atoms with Gasteiger partial charge in [0.25, 0.3) is 0 Å². The smallest absolute Gasteiger partial charge is 0.115 e. The van der Waals surface area contributed by atoms with Crippen molar-refractivity contribution in [1.29, 1.82) is 0 Å². The molecule has 2 heteroatoms. The van der Waals surface area contributed by atoms with Crippen molar-refractivity contribution < 1.29 is 10.2 Å². The third-order valence-electron chi connectivity index (χ3n) is 5.90. The quantitative estimate of drug-likeness (QED) is 0.568. The Labute approximate surface area is 158 Å². The van der Waals surface area contributed by atoms with Crippen LogP contribution in [0.25, 0.3) is 0 Å². The van der Waals surface area contributed by atoms with Gasteiger partial charge in [0.1, 0.15) is 11.5 Å². The lowest BCUT2D eigenvalue weighted by atomic mass is 9.92. The number of phenolic OH excluding ortho intramolecular Hbond substituents is 2. The van der Waals surface area contributed by atoms with Crippen LogP contribution in [0.2, 0.25) is 0 Å². The molecule has 2 aromatic carbocycles. The van der Waals surface area contributed by atoms with Crippen molar-refractivity contribution in [2.45, 2.75) is 53.4 Å². The summed E-state index contributed by atoms with van der Waals surface area (Å²) in [5.41, 5.74) is 2.34. The van der Waals surface area contributed by atoms with E-state index in [1.54, 1.807) is 24.3 Å². The summed E-state index contributed by atoms with van der Waals surface area (Å²) in [6.07, 6.45) is 6.10. The van der Waals surface area contributed by atoms with Gasteiger partial charge in [-0.2, -0.15) is 0 Å². The molecule has 26 heavy (non-hydrogen) atoms. The van der Waals surface area contributed by atoms with E-state index in [2.05, 4.69) is 13.8 Å². The zero-order valence-corrected chi connectivity index (χ0v) is 16.7. The fourth-order valence-electron chi connectivity index (χ4n) is 4.46. The summed E-state index contributed by atoms with van der Waals surface area (Å²) < 4.78 is 0. The highest BCUT2D eigenvalue weighted by Gasteiger charge is 2.40. The predicted molar refractivity (Wildman–Crippen MR) is 109 cm³/mol. The van der Waals surface area contributed by atoms with Gasteiger partial charge in [-0.25, -0.2) is 0 Å². The number of hydrogen-bond acceptors (Lipinski definition) is 2. The van der Waals surface area contributed by atoms with Crippen LogP contribution in [0.4, 0.5) is 0 Å². The van der Waals surface area contributed by atoms with Crippen LogP contribution in [0, 0.1) is 37.5 Å². The normalized spacial score (nSPS) is 26.2. The van der Waals surface area contributed by atoms with E-state index in [0.717, 1.165) is 23.7 Å². The summed E-state index contributed by atoms with van der Waals surface area (Å²) in [6, 6.07) is 14.2. The summed E-state index contributed by atoms with van der Waals surface area (Å²) in [7, 11) is 0. The van der Waals surface area contributed by atoms with Crippen molar-refractivity contribution in [1.82, 2.24) is 0 Å². The minimum Gasteiger partial charge on any atom is -0.508 e. The van der Waals surface area contributed by atoms with Gasteiger partial charge in [0.2, 0.25) is 0 Å². The lowest BCUT2D eigenvalue weighted by Gasteiger charge is -2.13. The highest BCUT2D eigenvalue weighted by Crippen LogP contribution is 2.50. The van der Waals surface area contributed by atoms with Crippen LogP contribution in [-0.4, -0.2) is 10.2 Å². The molecule has 2 N–H and O–H groups in total. The Balaban J connectivity index is 0.000000142. The molecular formula is C24H34O2. The van der Waals surface area contributed by atoms with E-state index in [1.807, 2.05) is 38.1 Å². The predicted octanol–water partition coefficient (Wildman–Crippen LogP) is 6.48. The van der Waals surface area contributed by atoms with Crippen molar-refractivity contribution in [2.24, 2.45) is 23.7 Å². The zero-order chi connectivity index (χ0) is 19.1. The van der Waals surface area contributed by atoms with Crippen LogP contribution in [0.5, 0.6) is 11.5 Å². The molecule has 0 aromatic heterocycles. The molecular weight excluding hydrogens is 320 g/mol. The van der Waals surface area contributed by atoms with Crippen molar-refractivity contribution in [3.05, 3.63) is 59.7 Å². The van der Waals surface area contributed by atoms with E-state index < -0.39 is 0 Å². The fraction of sp³-hybridized carbons (Fsp3) is 0.500. The second kappa shape index (κ2) is 9.66. The second-order valence-electron chi connectivity index (χ2n) is 8.12. The molecule has 2 saturated carbocycles. The Morgan fingerprint density at radius 2 is 1.00 bits per heavy atom. The maximum Gasteiger partial charge on any atom is 0.115 e. The van der Waals surface area contributed by atoms with E-state index >= 15 is 0 Å². The molecule has 4 atom stereocenters. The number of hydrogen-bond donors (Lipinski definition) is 2. The van der Waals surface area contributed by atoms with E-state index in [0.29, 0.717) is 11.5 Å². The zero-order valence-electron chi connectivity index (χ0n) is 16.7. The lowest BCUT2D eigenvalue weighted by Crippen LogP contribution is -2.07. The van der Waals surface area contributed by atoms with E-state index in [1.165, 1.54) is 36.8 Å². The molecule has 2 aromatic rings. The van der Waals surface area contributed by atoms with Crippen LogP contribution in [0.3, 0.4) is 0 Å². The first-order valence-electron chi connectivity index (χ1n) is 9.88. The summed E-state index contributed by atoms with van der Waals surface area (Å²) in [5.74, 6) is 4.99. The summed E-state index contributed by atoms with van der Waals surface area (Å²) in [6.45, 7) is 8.87. The molecule has 0 bridgehead atoms. The lowest BCUT2D eigenvalue weighted by molar-refractivity contribution is 0.352. The molecule has 0 aliphatic heterocycles. The largest absolute Gasteiger partial charge is 0.508 e. The van der Waals surface area contributed by atoms with Gasteiger partial charge < -0.3 is 10.2 Å². The van der Waals surface area contributed by atoms with Gasteiger partial charge in [0.15, 0.2) is 0 Å². The molecule has 4 unspecified atom stereocenters. The van der Waals surface area contributed by atoms with E-state index in [9.17, 15) is 0 Å². The van der Waals surface area contributed by atoms with Gasteiger partial charge in [0.05, 0.1) is 0 Å². The van der Waals surface area contributed by atoms with Crippen molar-refractivity contribution >= 4 is 0 Å². The molecule has 2 aliphatic carbocycles. The molecule has 0 saturated heterocycles. The first kappa shape index (κ1) is 20.4. The average molecular weight is 355 g/mol. The van der Waals surface area contributed by atoms with Gasteiger partial charge in [0, 0.05) is 0 Å². The summed E-state index contributed by atoms with van der Waals surface area (Å²) >= 11 is 0. The molecule has 0 radical (unpaired) electrons. The Bertz CT molecular complexity index is 545. The van der Waals surface area contributed by atoms with Gasteiger partial charge in [-0.1, -0.05) is 55.7 Å². The molecule has 142 valence electrons. The van der Waals surface area contributed by atoms with Gasteiger partial charge in [-0.15, -0.1) is 0 Å². The first-order chi connectivity index (χ1) is 12.4. The molecule has 4 rings (SSSR count). The van der Waals surface area contributed by atoms with Gasteiger partial charge in [-0.3, -0.25) is 0 Å². The highest BCUT2D eigenvalue weighted by molar-refractivity contribution is 5.25. The standard InChI is InChI=1S/C10H18.2C7H8O/c1-7-6-8(2)10-5-3-4-9(7)10;2*1-6-2-4-7(8)5-3-6/h7-10H,3-6H2,1-2H3;2*2-5,8H,1H3. The SMILES string of the molecule is CC1CC(C)C2CCCC12.Cc1ccc(O)cc1.Cc1ccc(O)cc1. The number of fused-ring (bicyclic) bond motifs is 1. The minimum absolute atomic E-state index is 0.329. The Morgan fingerprint density at radius 3 is 1.31 bits per heavy atom. The molecule has 0 spiro atoms. The van der Waals surface area contributed by atoms with Crippen LogP contribution in [-0.2, 0) is 0 Å². The number of phenols is 2. The van der Waals surface area contributed by atoms with E-state index in [-0.39, 0.29) is 0 Å². The topological polar surface area (TPSA) is 40.5 Å². The molecule has 2 fully saturated rings. The van der Waals surface area contributed by atoms with Crippen molar-refractivity contribution in [3.8, 4) is 11.5 Å². The number of benzene rings is 2. The van der Waals surface area contributed by atoms with Crippen LogP contribution in [0.15, 0.2) is 48.5 Å². The third-order valence-corrected chi connectivity index (χ3v) is 5.90. The number of rotatable bonds is 0. The highest BCUT2D eigenvalue weighted by atomic mass is 16.3.